The topological polar surface area (TPSA) is 102 Å². The average molecular weight is 441 g/mol. The first kappa shape index (κ1) is 21.3. The summed E-state index contributed by atoms with van der Waals surface area (Å²) in [5.41, 5.74) is 2.23. The summed E-state index contributed by atoms with van der Waals surface area (Å²) in [6.45, 7) is 4.03. The maximum absolute atomic E-state index is 13.1. The van der Waals surface area contributed by atoms with Gasteiger partial charge in [-0.1, -0.05) is 0 Å². The Morgan fingerprint density at radius 1 is 1.00 bits per heavy atom. The first-order chi connectivity index (χ1) is 13.6. The van der Waals surface area contributed by atoms with Crippen molar-refractivity contribution in [3.63, 3.8) is 0 Å². The van der Waals surface area contributed by atoms with Crippen LogP contribution in [-0.2, 0) is 20.0 Å². The summed E-state index contributed by atoms with van der Waals surface area (Å²) in [5, 5.41) is 0. The smallest absolute Gasteiger partial charge is 0.265 e. The van der Waals surface area contributed by atoms with E-state index in [0.29, 0.717) is 18.7 Å². The van der Waals surface area contributed by atoms with Gasteiger partial charge in [-0.05, 0) is 61.7 Å². The molecule has 2 aromatic rings. The van der Waals surface area contributed by atoms with Crippen molar-refractivity contribution in [2.24, 2.45) is 0 Å². The summed E-state index contributed by atoms with van der Waals surface area (Å²) in [4.78, 5) is -0.00986. The number of sulfonamides is 2. The van der Waals surface area contributed by atoms with Crippen LogP contribution in [0, 0.1) is 13.8 Å². The predicted molar refractivity (Wildman–Crippen MR) is 112 cm³/mol. The highest BCUT2D eigenvalue weighted by molar-refractivity contribution is 7.93. The van der Waals surface area contributed by atoms with Crippen LogP contribution in [0.25, 0.3) is 0 Å². The molecule has 0 radical (unpaired) electrons. The van der Waals surface area contributed by atoms with Gasteiger partial charge in [0.05, 0.1) is 31.3 Å². The molecule has 0 spiro atoms. The monoisotopic (exact) mass is 440 g/mol. The van der Waals surface area contributed by atoms with Crippen molar-refractivity contribution in [3.05, 3.63) is 41.5 Å². The maximum atomic E-state index is 13.1. The van der Waals surface area contributed by atoms with Gasteiger partial charge in [0.15, 0.2) is 0 Å². The van der Waals surface area contributed by atoms with Crippen molar-refractivity contribution in [2.75, 3.05) is 35.5 Å². The molecular weight excluding hydrogens is 416 g/mol. The SMILES string of the molecule is COc1ccc(N2CCCS2(=O)=O)cc1NS(=O)(=O)c1cc(C)c(C)cc1OC. The van der Waals surface area contributed by atoms with Crippen molar-refractivity contribution >= 4 is 31.4 Å². The quantitative estimate of drug-likeness (QED) is 0.741. The Kier molecular flexibility index (Phi) is 5.68. The van der Waals surface area contributed by atoms with Crippen molar-refractivity contribution < 1.29 is 26.3 Å². The largest absolute Gasteiger partial charge is 0.495 e. The van der Waals surface area contributed by atoms with Gasteiger partial charge in [0.1, 0.15) is 16.4 Å². The molecule has 0 aliphatic carbocycles. The van der Waals surface area contributed by atoms with E-state index >= 15 is 0 Å². The van der Waals surface area contributed by atoms with Crippen LogP contribution in [0.1, 0.15) is 17.5 Å². The van der Waals surface area contributed by atoms with Gasteiger partial charge in [0.2, 0.25) is 10.0 Å². The van der Waals surface area contributed by atoms with Gasteiger partial charge in [-0.2, -0.15) is 0 Å². The molecule has 1 aliphatic rings. The van der Waals surface area contributed by atoms with Crippen molar-refractivity contribution in [3.8, 4) is 11.5 Å². The Labute approximate surface area is 171 Å². The molecule has 1 fully saturated rings. The summed E-state index contributed by atoms with van der Waals surface area (Å²) in [6.07, 6.45) is 0.523. The molecule has 0 bridgehead atoms. The predicted octanol–water partition coefficient (Wildman–Crippen LogP) is 2.66. The van der Waals surface area contributed by atoms with E-state index in [1.807, 2.05) is 13.8 Å². The fraction of sp³-hybridized carbons (Fsp3) is 0.368. The summed E-state index contributed by atoms with van der Waals surface area (Å²) in [6, 6.07) is 7.80. The Morgan fingerprint density at radius 2 is 1.66 bits per heavy atom. The lowest BCUT2D eigenvalue weighted by molar-refractivity contribution is 0.402. The van der Waals surface area contributed by atoms with Gasteiger partial charge in [-0.3, -0.25) is 9.03 Å². The molecule has 10 heteroatoms. The van der Waals surface area contributed by atoms with E-state index in [1.54, 1.807) is 18.2 Å². The molecule has 0 atom stereocenters. The van der Waals surface area contributed by atoms with E-state index in [2.05, 4.69) is 4.72 Å². The molecule has 1 heterocycles. The first-order valence-corrected chi connectivity index (χ1v) is 12.0. The van der Waals surface area contributed by atoms with Crippen molar-refractivity contribution in [1.29, 1.82) is 0 Å². The number of methoxy groups -OCH3 is 2. The highest BCUT2D eigenvalue weighted by Crippen LogP contribution is 2.35. The summed E-state index contributed by atoms with van der Waals surface area (Å²) in [7, 11) is -4.60. The lowest BCUT2D eigenvalue weighted by Gasteiger charge is -2.20. The van der Waals surface area contributed by atoms with Gasteiger partial charge in [-0.15, -0.1) is 0 Å². The number of nitrogens with one attached hydrogen (secondary N) is 1. The van der Waals surface area contributed by atoms with Crippen LogP contribution >= 0.6 is 0 Å². The molecule has 1 saturated heterocycles. The van der Waals surface area contributed by atoms with Gasteiger partial charge in [0.25, 0.3) is 10.0 Å². The minimum Gasteiger partial charge on any atom is -0.495 e. The summed E-state index contributed by atoms with van der Waals surface area (Å²) >= 11 is 0. The number of rotatable bonds is 6. The summed E-state index contributed by atoms with van der Waals surface area (Å²) in [5.74, 6) is 0.564. The van der Waals surface area contributed by atoms with Gasteiger partial charge >= 0.3 is 0 Å². The van der Waals surface area contributed by atoms with Crippen LogP contribution in [0.15, 0.2) is 35.2 Å². The third kappa shape index (κ3) is 4.13. The number of benzene rings is 2. The van der Waals surface area contributed by atoms with E-state index < -0.39 is 20.0 Å². The number of anilines is 2. The van der Waals surface area contributed by atoms with Crippen LogP contribution in [0.5, 0.6) is 11.5 Å². The molecule has 0 saturated carbocycles. The van der Waals surface area contributed by atoms with Crippen LogP contribution in [0.3, 0.4) is 0 Å². The molecule has 1 aliphatic heterocycles. The third-order valence-electron chi connectivity index (χ3n) is 4.88. The molecule has 29 heavy (non-hydrogen) atoms. The molecule has 8 nitrogen and oxygen atoms in total. The second-order valence-electron chi connectivity index (χ2n) is 6.82. The van der Waals surface area contributed by atoms with Crippen molar-refractivity contribution in [2.45, 2.75) is 25.2 Å². The molecule has 158 valence electrons. The average Bonchev–Trinajstić information content (AvgIpc) is 3.02. The Morgan fingerprint density at radius 3 is 2.24 bits per heavy atom. The molecule has 0 aromatic heterocycles. The minimum absolute atomic E-state index is 0.00986. The zero-order valence-corrected chi connectivity index (χ0v) is 18.4. The van der Waals surface area contributed by atoms with Crippen LogP contribution in [-0.4, -0.2) is 43.4 Å². The number of aryl methyl sites for hydroxylation is 2. The lowest BCUT2D eigenvalue weighted by Crippen LogP contribution is -2.25. The third-order valence-corrected chi connectivity index (χ3v) is 8.14. The van der Waals surface area contributed by atoms with E-state index in [4.69, 9.17) is 9.47 Å². The molecule has 0 amide bonds. The number of hydrogen-bond donors (Lipinski definition) is 1. The minimum atomic E-state index is -4.02. The van der Waals surface area contributed by atoms with Gasteiger partial charge in [-0.25, -0.2) is 16.8 Å². The second kappa shape index (κ2) is 7.75. The number of hydrogen-bond acceptors (Lipinski definition) is 6. The van der Waals surface area contributed by atoms with E-state index in [0.717, 1.165) is 11.1 Å². The van der Waals surface area contributed by atoms with Gasteiger partial charge in [0, 0.05) is 6.54 Å². The molecule has 2 aromatic carbocycles. The molecule has 3 rings (SSSR count). The van der Waals surface area contributed by atoms with E-state index in [9.17, 15) is 16.8 Å². The Hall–Kier alpha value is -2.46. The Balaban J connectivity index is 2.05. The maximum Gasteiger partial charge on any atom is 0.265 e. The molecule has 0 unspecified atom stereocenters. The van der Waals surface area contributed by atoms with Gasteiger partial charge < -0.3 is 9.47 Å². The number of ether oxygens (including phenoxy) is 2. The van der Waals surface area contributed by atoms with Crippen LogP contribution in [0.2, 0.25) is 0 Å². The fourth-order valence-corrected chi connectivity index (χ4v) is 6.05. The normalized spacial score (nSPS) is 15.9. The van der Waals surface area contributed by atoms with Crippen LogP contribution < -0.4 is 18.5 Å². The lowest BCUT2D eigenvalue weighted by atomic mass is 10.1. The first-order valence-electron chi connectivity index (χ1n) is 8.95. The second-order valence-corrected chi connectivity index (χ2v) is 10.5. The van der Waals surface area contributed by atoms with Crippen LogP contribution in [0.4, 0.5) is 11.4 Å². The standard InChI is InChI=1S/C19H24N2O6S2/c1-13-10-18(27-4)19(11-14(13)2)29(24,25)20-16-12-15(6-7-17(16)26-3)21-8-5-9-28(21,22)23/h6-7,10-12,20H,5,8-9H2,1-4H3. The number of nitrogens with zero attached hydrogens (tertiary/aromatic N) is 1. The Bertz CT molecular complexity index is 1140. The molecule has 1 N–H and O–H groups in total. The summed E-state index contributed by atoms with van der Waals surface area (Å²) < 4.78 is 65.0. The highest BCUT2D eigenvalue weighted by Gasteiger charge is 2.29. The zero-order valence-electron chi connectivity index (χ0n) is 16.7. The van der Waals surface area contributed by atoms with E-state index in [-0.39, 0.29) is 27.8 Å². The van der Waals surface area contributed by atoms with Crippen molar-refractivity contribution in [1.82, 2.24) is 0 Å². The van der Waals surface area contributed by atoms with E-state index in [1.165, 1.54) is 30.7 Å². The molecular formula is C19H24N2O6S2. The zero-order chi connectivity index (χ0) is 21.4. The highest BCUT2D eigenvalue weighted by atomic mass is 32.2. The fourth-order valence-electron chi connectivity index (χ4n) is 3.19.